The minimum absolute atomic E-state index is 0.165. The van der Waals surface area contributed by atoms with Crippen molar-refractivity contribution < 1.29 is 4.79 Å². The molecule has 1 aromatic carbocycles. The Morgan fingerprint density at radius 3 is 2.61 bits per heavy atom. The number of amides is 1. The number of rotatable bonds is 4. The van der Waals surface area contributed by atoms with Crippen LogP contribution in [-0.4, -0.2) is 16.4 Å². The Labute approximate surface area is 138 Å². The third-order valence-electron chi connectivity index (χ3n) is 3.49. The lowest BCUT2D eigenvalue weighted by Crippen LogP contribution is -2.40. The molecule has 2 N–H and O–H groups in total. The minimum atomic E-state index is -0.284. The SMILES string of the molecule is CCc1cccc(C)c1Nc1ccnc(C(=O)NC(C)(C)C)c1. The quantitative estimate of drug-likeness (QED) is 0.888. The third-order valence-corrected chi connectivity index (χ3v) is 3.49. The number of carbonyl (C=O) groups excluding carboxylic acids is 1. The molecule has 0 bridgehead atoms. The number of aryl methyl sites for hydroxylation is 2. The Balaban J connectivity index is 2.26. The average Bonchev–Trinajstić information content (AvgIpc) is 2.48. The van der Waals surface area contributed by atoms with E-state index in [1.807, 2.05) is 26.8 Å². The van der Waals surface area contributed by atoms with Crippen LogP contribution in [0.3, 0.4) is 0 Å². The molecule has 122 valence electrons. The molecule has 0 radical (unpaired) electrons. The predicted octanol–water partition coefficient (Wildman–Crippen LogP) is 4.22. The van der Waals surface area contributed by atoms with Gasteiger partial charge in [0.05, 0.1) is 0 Å². The molecule has 0 unspecified atom stereocenters. The molecule has 0 aliphatic carbocycles. The zero-order valence-electron chi connectivity index (χ0n) is 14.5. The highest BCUT2D eigenvalue weighted by atomic mass is 16.2. The first-order valence-corrected chi connectivity index (χ1v) is 7.94. The van der Waals surface area contributed by atoms with Gasteiger partial charge in [0.15, 0.2) is 0 Å². The van der Waals surface area contributed by atoms with Crippen LogP contribution in [0, 0.1) is 6.92 Å². The van der Waals surface area contributed by atoms with E-state index in [-0.39, 0.29) is 11.4 Å². The van der Waals surface area contributed by atoms with Crippen LogP contribution in [0.15, 0.2) is 36.5 Å². The molecular formula is C19H25N3O. The topological polar surface area (TPSA) is 54.0 Å². The Morgan fingerprint density at radius 1 is 1.22 bits per heavy atom. The number of hydrogen-bond donors (Lipinski definition) is 2. The normalized spacial score (nSPS) is 11.2. The highest BCUT2D eigenvalue weighted by molar-refractivity contribution is 5.93. The minimum Gasteiger partial charge on any atom is -0.355 e. The van der Waals surface area contributed by atoms with Gasteiger partial charge in [-0.2, -0.15) is 0 Å². The average molecular weight is 311 g/mol. The van der Waals surface area contributed by atoms with E-state index >= 15 is 0 Å². The second-order valence-corrected chi connectivity index (χ2v) is 6.72. The van der Waals surface area contributed by atoms with Gasteiger partial charge in [-0.05, 0) is 57.4 Å². The lowest BCUT2D eigenvalue weighted by molar-refractivity contribution is 0.0914. The zero-order chi connectivity index (χ0) is 17.0. The number of nitrogens with one attached hydrogen (secondary N) is 2. The summed E-state index contributed by atoms with van der Waals surface area (Å²) in [4.78, 5) is 16.4. The summed E-state index contributed by atoms with van der Waals surface area (Å²) in [6.45, 7) is 10.1. The van der Waals surface area contributed by atoms with E-state index in [1.54, 1.807) is 12.3 Å². The summed E-state index contributed by atoms with van der Waals surface area (Å²) in [6, 6.07) is 9.92. The van der Waals surface area contributed by atoms with E-state index in [9.17, 15) is 4.79 Å². The molecule has 2 aromatic rings. The van der Waals surface area contributed by atoms with Crippen molar-refractivity contribution in [3.05, 3.63) is 53.3 Å². The van der Waals surface area contributed by atoms with Crippen LogP contribution in [0.2, 0.25) is 0 Å². The third kappa shape index (κ3) is 4.55. The Kier molecular flexibility index (Phi) is 5.04. The van der Waals surface area contributed by atoms with Gasteiger partial charge in [0.25, 0.3) is 5.91 Å². The summed E-state index contributed by atoms with van der Waals surface area (Å²) >= 11 is 0. The summed E-state index contributed by atoms with van der Waals surface area (Å²) in [5.74, 6) is -0.165. The van der Waals surface area contributed by atoms with Gasteiger partial charge in [-0.3, -0.25) is 9.78 Å². The molecular weight excluding hydrogens is 286 g/mol. The molecule has 1 aromatic heterocycles. The van der Waals surface area contributed by atoms with E-state index in [1.165, 1.54) is 11.1 Å². The predicted molar refractivity (Wildman–Crippen MR) is 95.3 cm³/mol. The van der Waals surface area contributed by atoms with Crippen LogP contribution in [0.5, 0.6) is 0 Å². The number of pyridine rings is 1. The van der Waals surface area contributed by atoms with Crippen LogP contribution in [0.25, 0.3) is 0 Å². The van der Waals surface area contributed by atoms with Crippen molar-refractivity contribution in [2.45, 2.75) is 46.6 Å². The summed E-state index contributed by atoms with van der Waals surface area (Å²) in [7, 11) is 0. The molecule has 1 amide bonds. The smallest absolute Gasteiger partial charge is 0.270 e. The van der Waals surface area contributed by atoms with Crippen molar-refractivity contribution in [3.63, 3.8) is 0 Å². The highest BCUT2D eigenvalue weighted by Gasteiger charge is 2.16. The van der Waals surface area contributed by atoms with Gasteiger partial charge in [-0.1, -0.05) is 25.1 Å². The van der Waals surface area contributed by atoms with Crippen molar-refractivity contribution in [2.75, 3.05) is 5.32 Å². The van der Waals surface area contributed by atoms with E-state index < -0.39 is 0 Å². The number of anilines is 2. The second-order valence-electron chi connectivity index (χ2n) is 6.72. The van der Waals surface area contributed by atoms with Gasteiger partial charge >= 0.3 is 0 Å². The fourth-order valence-electron chi connectivity index (χ4n) is 2.38. The summed E-state index contributed by atoms with van der Waals surface area (Å²) in [5, 5.41) is 6.36. The van der Waals surface area contributed by atoms with Gasteiger partial charge in [-0.25, -0.2) is 0 Å². The number of benzene rings is 1. The molecule has 2 rings (SSSR count). The van der Waals surface area contributed by atoms with Crippen LogP contribution in [-0.2, 0) is 6.42 Å². The molecule has 0 saturated carbocycles. The summed E-state index contributed by atoms with van der Waals surface area (Å²) in [6.07, 6.45) is 2.61. The molecule has 1 heterocycles. The number of para-hydroxylation sites is 1. The summed E-state index contributed by atoms with van der Waals surface area (Å²) in [5.41, 5.74) is 4.53. The van der Waals surface area contributed by atoms with Crippen LogP contribution < -0.4 is 10.6 Å². The number of nitrogens with zero attached hydrogens (tertiary/aromatic N) is 1. The molecule has 0 aliphatic rings. The van der Waals surface area contributed by atoms with Crippen molar-refractivity contribution in [1.29, 1.82) is 0 Å². The van der Waals surface area contributed by atoms with Crippen molar-refractivity contribution in [1.82, 2.24) is 10.3 Å². The highest BCUT2D eigenvalue weighted by Crippen LogP contribution is 2.25. The lowest BCUT2D eigenvalue weighted by atomic mass is 10.1. The van der Waals surface area contributed by atoms with Gasteiger partial charge in [0.2, 0.25) is 0 Å². The molecule has 4 nitrogen and oxygen atoms in total. The van der Waals surface area contributed by atoms with Crippen LogP contribution in [0.1, 0.15) is 49.3 Å². The number of hydrogen-bond acceptors (Lipinski definition) is 3. The summed E-state index contributed by atoms with van der Waals surface area (Å²) < 4.78 is 0. The fourth-order valence-corrected chi connectivity index (χ4v) is 2.38. The van der Waals surface area contributed by atoms with Crippen LogP contribution >= 0.6 is 0 Å². The van der Waals surface area contributed by atoms with Gasteiger partial charge in [-0.15, -0.1) is 0 Å². The van der Waals surface area contributed by atoms with Crippen molar-refractivity contribution in [2.24, 2.45) is 0 Å². The Hall–Kier alpha value is -2.36. The monoisotopic (exact) mass is 311 g/mol. The molecule has 0 saturated heterocycles. The molecule has 0 atom stereocenters. The molecule has 4 heteroatoms. The van der Waals surface area contributed by atoms with E-state index in [4.69, 9.17) is 0 Å². The first kappa shape index (κ1) is 17.0. The van der Waals surface area contributed by atoms with Crippen molar-refractivity contribution >= 4 is 17.3 Å². The number of aromatic nitrogens is 1. The maximum Gasteiger partial charge on any atom is 0.270 e. The van der Waals surface area contributed by atoms with E-state index in [2.05, 4.69) is 47.7 Å². The van der Waals surface area contributed by atoms with E-state index in [0.717, 1.165) is 17.8 Å². The molecule has 0 fully saturated rings. The largest absolute Gasteiger partial charge is 0.355 e. The molecule has 23 heavy (non-hydrogen) atoms. The molecule has 0 aliphatic heterocycles. The van der Waals surface area contributed by atoms with Gasteiger partial charge in [0, 0.05) is 23.1 Å². The maximum atomic E-state index is 12.3. The van der Waals surface area contributed by atoms with E-state index in [0.29, 0.717) is 5.69 Å². The second kappa shape index (κ2) is 6.82. The zero-order valence-corrected chi connectivity index (χ0v) is 14.5. The molecule has 0 spiro atoms. The first-order chi connectivity index (χ1) is 10.8. The van der Waals surface area contributed by atoms with Gasteiger partial charge in [0.1, 0.15) is 5.69 Å². The fraction of sp³-hybridized carbons (Fsp3) is 0.368. The van der Waals surface area contributed by atoms with Crippen LogP contribution in [0.4, 0.5) is 11.4 Å². The number of carbonyl (C=O) groups is 1. The standard InChI is InChI=1S/C19H25N3O/c1-6-14-9-7-8-13(2)17(14)21-15-10-11-20-16(12-15)18(23)22-19(3,4)5/h7-12H,6H2,1-5H3,(H,20,21)(H,22,23). The first-order valence-electron chi connectivity index (χ1n) is 7.94. The maximum absolute atomic E-state index is 12.3. The Morgan fingerprint density at radius 2 is 1.96 bits per heavy atom. The van der Waals surface area contributed by atoms with Gasteiger partial charge < -0.3 is 10.6 Å². The lowest BCUT2D eigenvalue weighted by Gasteiger charge is -2.20. The Bertz CT molecular complexity index is 702. The van der Waals surface area contributed by atoms with Crippen molar-refractivity contribution in [3.8, 4) is 0 Å².